The van der Waals surface area contributed by atoms with Crippen molar-refractivity contribution >= 4 is 11.6 Å². The fourth-order valence-corrected chi connectivity index (χ4v) is 1.93. The molecule has 0 bridgehead atoms. The van der Waals surface area contributed by atoms with Crippen LogP contribution in [0.2, 0.25) is 0 Å². The molecule has 0 amide bonds. The largest absolute Gasteiger partial charge is 0.381 e. The van der Waals surface area contributed by atoms with Crippen molar-refractivity contribution in [3.8, 4) is 0 Å². The van der Waals surface area contributed by atoms with E-state index < -0.39 is 0 Å². The van der Waals surface area contributed by atoms with Gasteiger partial charge in [-0.2, -0.15) is 0 Å². The number of aromatic nitrogens is 2. The van der Waals surface area contributed by atoms with Gasteiger partial charge in [0, 0.05) is 5.92 Å². The number of likely N-dealkylation sites (tertiary alicyclic amines) is 1. The van der Waals surface area contributed by atoms with Crippen LogP contribution < -0.4 is 11.5 Å². The molecule has 4 N–H and O–H groups in total. The Hall–Kier alpha value is -1.36. The maximum absolute atomic E-state index is 5.65. The van der Waals surface area contributed by atoms with Crippen molar-refractivity contribution in [3.63, 3.8) is 0 Å². The zero-order valence-corrected chi connectivity index (χ0v) is 8.98. The van der Waals surface area contributed by atoms with E-state index in [1.165, 1.54) is 0 Å². The highest BCUT2D eigenvalue weighted by Gasteiger charge is 2.20. The van der Waals surface area contributed by atoms with Crippen LogP contribution in [0.15, 0.2) is 6.20 Å². The van der Waals surface area contributed by atoms with Crippen LogP contribution >= 0.6 is 0 Å². The summed E-state index contributed by atoms with van der Waals surface area (Å²) in [5.41, 5.74) is 12.2. The molecule has 82 valence electrons. The molecule has 0 aromatic carbocycles. The average Bonchev–Trinajstić information content (AvgIpc) is 2.23. The molecule has 0 aliphatic carbocycles. The number of nitrogen functional groups attached to an aromatic ring is 2. The summed E-state index contributed by atoms with van der Waals surface area (Å²) in [6.07, 6.45) is 3.99. The summed E-state index contributed by atoms with van der Waals surface area (Å²) in [6, 6.07) is 0. The van der Waals surface area contributed by atoms with E-state index in [-0.39, 0.29) is 0 Å². The van der Waals surface area contributed by atoms with Gasteiger partial charge >= 0.3 is 0 Å². The summed E-state index contributed by atoms with van der Waals surface area (Å²) < 4.78 is 0. The zero-order chi connectivity index (χ0) is 10.8. The Balaban J connectivity index is 2.12. The van der Waals surface area contributed by atoms with Crippen molar-refractivity contribution < 1.29 is 0 Å². The quantitative estimate of drug-likeness (QED) is 0.698. The first kappa shape index (κ1) is 10.2. The van der Waals surface area contributed by atoms with Crippen LogP contribution in [0.1, 0.15) is 24.5 Å². The molecule has 0 saturated carbocycles. The molecule has 2 heterocycles. The van der Waals surface area contributed by atoms with Crippen LogP contribution in [0.25, 0.3) is 0 Å². The Morgan fingerprint density at radius 3 is 2.53 bits per heavy atom. The van der Waals surface area contributed by atoms with Crippen molar-refractivity contribution in [1.29, 1.82) is 0 Å². The number of anilines is 2. The van der Waals surface area contributed by atoms with E-state index in [4.69, 9.17) is 11.5 Å². The maximum Gasteiger partial charge on any atom is 0.166 e. The van der Waals surface area contributed by atoms with E-state index in [1.807, 2.05) is 0 Å². The van der Waals surface area contributed by atoms with Crippen LogP contribution in [0.5, 0.6) is 0 Å². The van der Waals surface area contributed by atoms with Gasteiger partial charge in [0.25, 0.3) is 0 Å². The standard InChI is InChI=1S/C10H17N5/c1-15-4-2-7(3-5-15)8-6-13-9(11)10(12)14-8/h6-7H,2-5H2,1H3,(H2,11,13)(H2,12,14). The van der Waals surface area contributed by atoms with Crippen molar-refractivity contribution in [2.45, 2.75) is 18.8 Å². The maximum atomic E-state index is 5.65. The fraction of sp³-hybridized carbons (Fsp3) is 0.600. The zero-order valence-electron chi connectivity index (χ0n) is 8.98. The van der Waals surface area contributed by atoms with Gasteiger partial charge in [0.05, 0.1) is 11.9 Å². The van der Waals surface area contributed by atoms with Gasteiger partial charge in [0.2, 0.25) is 0 Å². The van der Waals surface area contributed by atoms with Crippen LogP contribution in [0.4, 0.5) is 11.6 Å². The van der Waals surface area contributed by atoms with E-state index in [0.717, 1.165) is 31.6 Å². The topological polar surface area (TPSA) is 81.1 Å². The lowest BCUT2D eigenvalue weighted by Crippen LogP contribution is -2.29. The summed E-state index contributed by atoms with van der Waals surface area (Å²) in [7, 11) is 2.14. The smallest absolute Gasteiger partial charge is 0.166 e. The van der Waals surface area contributed by atoms with E-state index in [1.54, 1.807) is 6.20 Å². The summed E-state index contributed by atoms with van der Waals surface area (Å²) in [6.45, 7) is 2.22. The third-order valence-electron chi connectivity index (χ3n) is 2.98. The lowest BCUT2D eigenvalue weighted by Gasteiger charge is -2.28. The first-order valence-electron chi connectivity index (χ1n) is 5.23. The number of rotatable bonds is 1. The molecule has 0 spiro atoms. The molecule has 1 saturated heterocycles. The van der Waals surface area contributed by atoms with E-state index in [0.29, 0.717) is 17.6 Å². The van der Waals surface area contributed by atoms with Crippen molar-refractivity contribution in [3.05, 3.63) is 11.9 Å². The minimum atomic E-state index is 0.326. The second kappa shape index (κ2) is 4.02. The minimum Gasteiger partial charge on any atom is -0.381 e. The number of nitrogens with zero attached hydrogens (tertiary/aromatic N) is 3. The van der Waals surface area contributed by atoms with Gasteiger partial charge in [-0.05, 0) is 33.0 Å². The average molecular weight is 207 g/mol. The van der Waals surface area contributed by atoms with E-state index >= 15 is 0 Å². The first-order valence-corrected chi connectivity index (χ1v) is 5.23. The highest BCUT2D eigenvalue weighted by Crippen LogP contribution is 2.26. The van der Waals surface area contributed by atoms with Gasteiger partial charge in [-0.3, -0.25) is 0 Å². The number of nitrogens with two attached hydrogens (primary N) is 2. The predicted molar refractivity (Wildman–Crippen MR) is 60.3 cm³/mol. The highest BCUT2D eigenvalue weighted by atomic mass is 15.1. The van der Waals surface area contributed by atoms with Gasteiger partial charge in [-0.25, -0.2) is 9.97 Å². The normalized spacial score (nSPS) is 19.3. The lowest BCUT2D eigenvalue weighted by atomic mass is 9.94. The molecule has 0 radical (unpaired) electrons. The van der Waals surface area contributed by atoms with E-state index in [2.05, 4.69) is 21.9 Å². The molecule has 1 aliphatic heterocycles. The molecule has 0 unspecified atom stereocenters. The minimum absolute atomic E-state index is 0.326. The molecule has 1 fully saturated rings. The van der Waals surface area contributed by atoms with Crippen molar-refractivity contribution in [2.75, 3.05) is 31.6 Å². The molecule has 1 aromatic heterocycles. The molecular formula is C10H17N5. The van der Waals surface area contributed by atoms with Crippen molar-refractivity contribution in [1.82, 2.24) is 14.9 Å². The number of piperidine rings is 1. The number of hydrogen-bond acceptors (Lipinski definition) is 5. The third-order valence-corrected chi connectivity index (χ3v) is 2.98. The summed E-state index contributed by atoms with van der Waals surface area (Å²) in [5, 5.41) is 0. The SMILES string of the molecule is CN1CCC(c2cnc(N)c(N)n2)CC1. The van der Waals surface area contributed by atoms with Crippen molar-refractivity contribution in [2.24, 2.45) is 0 Å². The summed E-state index contributed by atoms with van der Waals surface area (Å²) in [4.78, 5) is 10.7. The van der Waals surface area contributed by atoms with Crippen LogP contribution in [-0.4, -0.2) is 35.0 Å². The van der Waals surface area contributed by atoms with Gasteiger partial charge in [-0.15, -0.1) is 0 Å². The molecule has 1 aromatic rings. The monoisotopic (exact) mass is 207 g/mol. The summed E-state index contributed by atoms with van der Waals surface area (Å²) >= 11 is 0. The molecule has 1 aliphatic rings. The fourth-order valence-electron chi connectivity index (χ4n) is 1.93. The second-order valence-corrected chi connectivity index (χ2v) is 4.14. The van der Waals surface area contributed by atoms with Crippen LogP contribution in [0.3, 0.4) is 0 Å². The second-order valence-electron chi connectivity index (χ2n) is 4.14. The van der Waals surface area contributed by atoms with Gasteiger partial charge in [0.15, 0.2) is 11.6 Å². The third kappa shape index (κ3) is 2.18. The molecular weight excluding hydrogens is 190 g/mol. The Morgan fingerprint density at radius 1 is 1.27 bits per heavy atom. The van der Waals surface area contributed by atoms with Gasteiger partial charge in [-0.1, -0.05) is 0 Å². The lowest BCUT2D eigenvalue weighted by molar-refractivity contribution is 0.253. The van der Waals surface area contributed by atoms with E-state index in [9.17, 15) is 0 Å². The molecule has 5 nitrogen and oxygen atoms in total. The molecule has 0 atom stereocenters. The van der Waals surface area contributed by atoms with Gasteiger partial charge in [0.1, 0.15) is 0 Å². The highest BCUT2D eigenvalue weighted by molar-refractivity contribution is 5.51. The van der Waals surface area contributed by atoms with Crippen LogP contribution in [-0.2, 0) is 0 Å². The molecule has 15 heavy (non-hydrogen) atoms. The van der Waals surface area contributed by atoms with Gasteiger partial charge < -0.3 is 16.4 Å². The summed E-state index contributed by atoms with van der Waals surface area (Å²) in [5.74, 6) is 1.16. The first-order chi connectivity index (χ1) is 7.16. The Labute approximate surface area is 89.5 Å². The molecule has 5 heteroatoms. The number of hydrogen-bond donors (Lipinski definition) is 2. The Morgan fingerprint density at radius 2 is 1.93 bits per heavy atom. The Bertz CT molecular complexity index is 344. The molecule has 2 rings (SSSR count). The predicted octanol–water partition coefficient (Wildman–Crippen LogP) is 0.450. The Kier molecular flexibility index (Phi) is 2.73. The van der Waals surface area contributed by atoms with Crippen LogP contribution in [0, 0.1) is 0 Å².